The van der Waals surface area contributed by atoms with Crippen molar-refractivity contribution in [1.82, 2.24) is 9.88 Å². The number of methoxy groups -OCH3 is 2. The molecule has 1 heterocycles. The van der Waals surface area contributed by atoms with Crippen LogP contribution in [0.2, 0.25) is 0 Å². The molecule has 7 heteroatoms. The summed E-state index contributed by atoms with van der Waals surface area (Å²) in [7, 11) is 2.86. The van der Waals surface area contributed by atoms with Crippen molar-refractivity contribution in [3.63, 3.8) is 0 Å². The Morgan fingerprint density at radius 1 is 1.00 bits per heavy atom. The lowest BCUT2D eigenvalue weighted by Crippen LogP contribution is -2.29. The Kier molecular flexibility index (Phi) is 5.74. The first kappa shape index (κ1) is 19.2. The molecule has 1 amide bonds. The van der Waals surface area contributed by atoms with Crippen LogP contribution in [0.5, 0.6) is 5.75 Å². The van der Waals surface area contributed by atoms with Gasteiger partial charge in [0.25, 0.3) is 11.5 Å². The van der Waals surface area contributed by atoms with E-state index in [1.54, 1.807) is 55.6 Å². The van der Waals surface area contributed by atoms with E-state index in [1.165, 1.54) is 17.9 Å². The summed E-state index contributed by atoms with van der Waals surface area (Å²) in [4.78, 5) is 36.9. The first-order valence-electron chi connectivity index (χ1n) is 8.69. The van der Waals surface area contributed by atoms with Crippen LogP contribution >= 0.6 is 0 Å². The number of hydrogen-bond acceptors (Lipinski definition) is 5. The monoisotopic (exact) mass is 380 g/mol. The zero-order valence-corrected chi connectivity index (χ0v) is 15.6. The Bertz CT molecular complexity index is 1070. The van der Waals surface area contributed by atoms with Crippen LogP contribution in [0.15, 0.2) is 59.5 Å². The van der Waals surface area contributed by atoms with E-state index in [0.29, 0.717) is 27.8 Å². The highest BCUT2D eigenvalue weighted by molar-refractivity contribution is 6.06. The van der Waals surface area contributed by atoms with Crippen LogP contribution < -0.4 is 15.6 Å². The zero-order valence-electron chi connectivity index (χ0n) is 15.6. The number of rotatable bonds is 6. The molecular formula is C21H20N2O5. The van der Waals surface area contributed by atoms with Crippen LogP contribution in [-0.4, -0.2) is 37.2 Å². The quantitative estimate of drug-likeness (QED) is 0.663. The molecule has 1 aromatic heterocycles. The fourth-order valence-corrected chi connectivity index (χ4v) is 2.88. The lowest BCUT2D eigenvalue weighted by molar-refractivity contribution is -0.140. The molecule has 2 aromatic carbocycles. The summed E-state index contributed by atoms with van der Waals surface area (Å²) in [6.45, 7) is 0.140. The van der Waals surface area contributed by atoms with Crippen molar-refractivity contribution < 1.29 is 19.1 Å². The summed E-state index contributed by atoms with van der Waals surface area (Å²) in [5, 5.41) is 3.68. The Labute approximate surface area is 161 Å². The van der Waals surface area contributed by atoms with Gasteiger partial charge in [-0.3, -0.25) is 19.0 Å². The number of pyridine rings is 1. The number of benzene rings is 2. The smallest absolute Gasteiger partial charge is 0.307 e. The van der Waals surface area contributed by atoms with Crippen LogP contribution in [0.25, 0.3) is 16.5 Å². The SMILES string of the molecule is COC(=O)CCNC(=O)c1cn(-c2ccc(OC)cc2)c(=O)c2ccccc12. The molecule has 0 spiro atoms. The molecular weight excluding hydrogens is 360 g/mol. The number of nitrogens with one attached hydrogen (secondary N) is 1. The highest BCUT2D eigenvalue weighted by atomic mass is 16.5. The number of aromatic nitrogens is 1. The fraction of sp³-hybridized carbons (Fsp3) is 0.190. The molecule has 0 saturated heterocycles. The van der Waals surface area contributed by atoms with E-state index in [1.807, 2.05) is 0 Å². The van der Waals surface area contributed by atoms with E-state index in [-0.39, 0.29) is 24.4 Å². The second kappa shape index (κ2) is 8.39. The van der Waals surface area contributed by atoms with Crippen molar-refractivity contribution in [1.29, 1.82) is 0 Å². The zero-order chi connectivity index (χ0) is 20.1. The average Bonchev–Trinajstić information content (AvgIpc) is 2.74. The molecule has 0 aliphatic carbocycles. The predicted molar refractivity (Wildman–Crippen MR) is 105 cm³/mol. The first-order chi connectivity index (χ1) is 13.5. The van der Waals surface area contributed by atoms with Gasteiger partial charge in [-0.25, -0.2) is 0 Å². The molecule has 3 aromatic rings. The second-order valence-electron chi connectivity index (χ2n) is 6.04. The van der Waals surface area contributed by atoms with E-state index in [0.717, 1.165) is 0 Å². The molecule has 0 fully saturated rings. The van der Waals surface area contributed by atoms with Crippen molar-refractivity contribution in [2.75, 3.05) is 20.8 Å². The van der Waals surface area contributed by atoms with Gasteiger partial charge in [0.1, 0.15) is 5.75 Å². The van der Waals surface area contributed by atoms with Gasteiger partial charge in [0, 0.05) is 29.2 Å². The second-order valence-corrected chi connectivity index (χ2v) is 6.04. The molecule has 0 aliphatic rings. The molecule has 7 nitrogen and oxygen atoms in total. The van der Waals surface area contributed by atoms with E-state index in [4.69, 9.17) is 4.74 Å². The third-order valence-corrected chi connectivity index (χ3v) is 4.36. The lowest BCUT2D eigenvalue weighted by atomic mass is 10.1. The Morgan fingerprint density at radius 3 is 2.32 bits per heavy atom. The number of ether oxygens (including phenoxy) is 2. The molecule has 1 N–H and O–H groups in total. The van der Waals surface area contributed by atoms with Crippen molar-refractivity contribution in [3.05, 3.63) is 70.6 Å². The first-order valence-corrected chi connectivity index (χ1v) is 8.69. The highest BCUT2D eigenvalue weighted by Gasteiger charge is 2.15. The highest BCUT2D eigenvalue weighted by Crippen LogP contribution is 2.19. The van der Waals surface area contributed by atoms with Gasteiger partial charge in [0.2, 0.25) is 0 Å². The molecule has 28 heavy (non-hydrogen) atoms. The third-order valence-electron chi connectivity index (χ3n) is 4.36. The van der Waals surface area contributed by atoms with Crippen LogP contribution in [-0.2, 0) is 9.53 Å². The summed E-state index contributed by atoms with van der Waals surface area (Å²) in [6, 6.07) is 13.9. The maximum atomic E-state index is 12.9. The number of amides is 1. The van der Waals surface area contributed by atoms with Crippen LogP contribution in [0, 0.1) is 0 Å². The van der Waals surface area contributed by atoms with Crippen molar-refractivity contribution >= 4 is 22.6 Å². The number of carbonyl (C=O) groups excluding carboxylic acids is 2. The van der Waals surface area contributed by atoms with Crippen LogP contribution in [0.4, 0.5) is 0 Å². The van der Waals surface area contributed by atoms with Crippen LogP contribution in [0.3, 0.4) is 0 Å². The number of hydrogen-bond donors (Lipinski definition) is 1. The molecule has 0 radical (unpaired) electrons. The third kappa shape index (κ3) is 3.88. The maximum Gasteiger partial charge on any atom is 0.307 e. The van der Waals surface area contributed by atoms with Crippen molar-refractivity contribution in [3.8, 4) is 11.4 Å². The molecule has 0 unspecified atom stereocenters. The summed E-state index contributed by atoms with van der Waals surface area (Å²) < 4.78 is 11.2. The largest absolute Gasteiger partial charge is 0.497 e. The minimum Gasteiger partial charge on any atom is -0.497 e. The normalized spacial score (nSPS) is 10.5. The minimum absolute atomic E-state index is 0.0677. The van der Waals surface area contributed by atoms with Crippen LogP contribution in [0.1, 0.15) is 16.8 Å². The Morgan fingerprint density at radius 2 is 1.68 bits per heavy atom. The van der Waals surface area contributed by atoms with E-state index < -0.39 is 5.97 Å². The molecule has 0 aliphatic heterocycles. The van der Waals surface area contributed by atoms with Crippen molar-refractivity contribution in [2.45, 2.75) is 6.42 Å². The number of fused-ring (bicyclic) bond motifs is 1. The average molecular weight is 380 g/mol. The molecule has 0 atom stereocenters. The summed E-state index contributed by atoms with van der Waals surface area (Å²) in [5.41, 5.74) is 0.725. The van der Waals surface area contributed by atoms with Gasteiger partial charge in [0.15, 0.2) is 0 Å². The summed E-state index contributed by atoms with van der Waals surface area (Å²) >= 11 is 0. The molecule has 0 saturated carbocycles. The lowest BCUT2D eigenvalue weighted by Gasteiger charge is -2.13. The number of esters is 1. The Hall–Kier alpha value is -3.61. The van der Waals surface area contributed by atoms with Gasteiger partial charge in [-0.05, 0) is 30.3 Å². The van der Waals surface area contributed by atoms with Crippen molar-refractivity contribution in [2.24, 2.45) is 0 Å². The van der Waals surface area contributed by atoms with Gasteiger partial charge >= 0.3 is 5.97 Å². The fourth-order valence-electron chi connectivity index (χ4n) is 2.88. The maximum absolute atomic E-state index is 12.9. The van der Waals surface area contributed by atoms with Gasteiger partial charge < -0.3 is 14.8 Å². The molecule has 144 valence electrons. The van der Waals surface area contributed by atoms with Gasteiger partial charge in [0.05, 0.1) is 26.2 Å². The summed E-state index contributed by atoms with van der Waals surface area (Å²) in [6.07, 6.45) is 1.58. The molecule has 3 rings (SSSR count). The number of nitrogens with zero attached hydrogens (tertiary/aromatic N) is 1. The Balaban J connectivity index is 2.03. The molecule has 0 bridgehead atoms. The van der Waals surface area contributed by atoms with E-state index in [2.05, 4.69) is 10.1 Å². The minimum atomic E-state index is -0.409. The summed E-state index contributed by atoms with van der Waals surface area (Å²) in [5.74, 6) is -0.117. The predicted octanol–water partition coefficient (Wildman–Crippen LogP) is 2.29. The van der Waals surface area contributed by atoms with Gasteiger partial charge in [-0.1, -0.05) is 18.2 Å². The van der Waals surface area contributed by atoms with E-state index >= 15 is 0 Å². The van der Waals surface area contributed by atoms with Gasteiger partial charge in [-0.2, -0.15) is 0 Å². The van der Waals surface area contributed by atoms with E-state index in [9.17, 15) is 14.4 Å². The topological polar surface area (TPSA) is 86.6 Å². The number of carbonyl (C=O) groups is 2. The standard InChI is InChI=1S/C21H20N2O5/c1-27-15-9-7-14(8-10-15)23-13-18(20(25)22-12-11-19(24)28-2)16-5-3-4-6-17(16)21(23)26/h3-10,13H,11-12H2,1-2H3,(H,22,25). The van der Waals surface area contributed by atoms with Gasteiger partial charge in [-0.15, -0.1) is 0 Å².